The molecular weight excluding hydrogens is 284 g/mol. The predicted molar refractivity (Wildman–Crippen MR) is 86.7 cm³/mol. The van der Waals surface area contributed by atoms with Gasteiger partial charge in [0.2, 0.25) is 0 Å². The third kappa shape index (κ3) is 2.99. The van der Waals surface area contributed by atoms with Gasteiger partial charge in [0.15, 0.2) is 0 Å². The number of halogens is 1. The third-order valence-corrected chi connectivity index (χ3v) is 5.52. The molecule has 1 aromatic rings. The van der Waals surface area contributed by atoms with Gasteiger partial charge in [-0.3, -0.25) is 9.58 Å². The zero-order chi connectivity index (χ0) is 14.8. The average Bonchev–Trinajstić information content (AvgIpc) is 3.06. The maximum atomic E-state index is 6.50. The van der Waals surface area contributed by atoms with Crippen LogP contribution < -0.4 is 5.32 Å². The van der Waals surface area contributed by atoms with Crippen LogP contribution in [-0.4, -0.2) is 39.9 Å². The minimum absolute atomic E-state index is 0.617. The van der Waals surface area contributed by atoms with Crippen molar-refractivity contribution in [1.29, 1.82) is 0 Å². The molecule has 0 amide bonds. The van der Waals surface area contributed by atoms with Crippen LogP contribution in [0.25, 0.3) is 0 Å². The smallest absolute Gasteiger partial charge is 0.0863 e. The molecule has 2 fully saturated rings. The molecule has 1 N–H and O–H groups in total. The minimum atomic E-state index is 0.617. The summed E-state index contributed by atoms with van der Waals surface area (Å²) in [5.41, 5.74) is 2.19. The lowest BCUT2D eigenvalue weighted by Gasteiger charge is -2.32. The maximum Gasteiger partial charge on any atom is 0.0863 e. The van der Waals surface area contributed by atoms with Crippen LogP contribution >= 0.6 is 11.6 Å². The highest BCUT2D eigenvalue weighted by molar-refractivity contribution is 6.31. The average molecular weight is 311 g/mol. The van der Waals surface area contributed by atoms with Gasteiger partial charge in [-0.15, -0.1) is 0 Å². The number of rotatable bonds is 5. The minimum Gasteiger partial charge on any atom is -0.307 e. The highest BCUT2D eigenvalue weighted by Gasteiger charge is 2.35. The molecule has 2 aliphatic rings. The van der Waals surface area contributed by atoms with Gasteiger partial charge in [0.1, 0.15) is 0 Å². The van der Waals surface area contributed by atoms with Crippen molar-refractivity contribution in [3.63, 3.8) is 0 Å². The van der Waals surface area contributed by atoms with E-state index in [2.05, 4.69) is 33.8 Å². The Morgan fingerprint density at radius 1 is 1.24 bits per heavy atom. The van der Waals surface area contributed by atoms with Crippen molar-refractivity contribution < 1.29 is 0 Å². The molecule has 0 aliphatic carbocycles. The van der Waals surface area contributed by atoms with Crippen LogP contribution in [0, 0.1) is 0 Å². The molecule has 0 radical (unpaired) electrons. The summed E-state index contributed by atoms with van der Waals surface area (Å²) >= 11 is 6.50. The van der Waals surface area contributed by atoms with Crippen molar-refractivity contribution in [2.75, 3.05) is 13.1 Å². The summed E-state index contributed by atoms with van der Waals surface area (Å²) in [6.45, 7) is 8.51. The fourth-order valence-electron chi connectivity index (χ4n) is 3.90. The molecule has 0 spiro atoms. The van der Waals surface area contributed by atoms with Crippen molar-refractivity contribution in [1.82, 2.24) is 20.0 Å². The third-order valence-electron chi connectivity index (χ3n) is 5.08. The Kier molecular flexibility index (Phi) is 4.87. The first-order valence-electron chi connectivity index (χ1n) is 8.46. The van der Waals surface area contributed by atoms with E-state index in [1.165, 1.54) is 38.8 Å². The first-order chi connectivity index (χ1) is 10.2. The van der Waals surface area contributed by atoms with E-state index < -0.39 is 0 Å². The normalized spacial score (nSPS) is 26.2. The van der Waals surface area contributed by atoms with Crippen LogP contribution in [-0.2, 0) is 19.5 Å². The molecule has 5 heteroatoms. The molecular formula is C16H27ClN4. The molecule has 0 aromatic carbocycles. The Balaban J connectivity index is 1.66. The highest BCUT2D eigenvalue weighted by Crippen LogP contribution is 2.28. The number of hydrogen-bond donors (Lipinski definition) is 1. The van der Waals surface area contributed by atoms with Gasteiger partial charge in [-0.25, -0.2) is 0 Å². The van der Waals surface area contributed by atoms with Crippen LogP contribution in [0.5, 0.6) is 0 Å². The topological polar surface area (TPSA) is 33.1 Å². The molecule has 21 heavy (non-hydrogen) atoms. The van der Waals surface area contributed by atoms with E-state index in [1.807, 2.05) is 0 Å². The van der Waals surface area contributed by atoms with E-state index in [0.29, 0.717) is 6.04 Å². The van der Waals surface area contributed by atoms with Crippen LogP contribution in [0.3, 0.4) is 0 Å². The van der Waals surface area contributed by atoms with E-state index in [1.54, 1.807) is 0 Å². The van der Waals surface area contributed by atoms with Crippen LogP contribution in [0.2, 0.25) is 5.02 Å². The zero-order valence-corrected chi connectivity index (χ0v) is 14.0. The lowest BCUT2D eigenvalue weighted by atomic mass is 9.99. The number of aromatic nitrogens is 2. The largest absolute Gasteiger partial charge is 0.307 e. The van der Waals surface area contributed by atoms with Crippen molar-refractivity contribution >= 4 is 11.6 Å². The second kappa shape index (κ2) is 6.67. The van der Waals surface area contributed by atoms with Crippen molar-refractivity contribution in [3.8, 4) is 0 Å². The maximum absolute atomic E-state index is 6.50. The first kappa shape index (κ1) is 15.3. The van der Waals surface area contributed by atoms with Crippen LogP contribution in [0.4, 0.5) is 0 Å². The van der Waals surface area contributed by atoms with Crippen LogP contribution in [0.15, 0.2) is 0 Å². The molecule has 2 unspecified atom stereocenters. The molecule has 0 bridgehead atoms. The van der Waals surface area contributed by atoms with E-state index in [4.69, 9.17) is 11.6 Å². The van der Waals surface area contributed by atoms with Gasteiger partial charge in [0.05, 0.1) is 16.4 Å². The van der Waals surface area contributed by atoms with Gasteiger partial charge >= 0.3 is 0 Å². The summed E-state index contributed by atoms with van der Waals surface area (Å²) < 4.78 is 2.06. The monoisotopic (exact) mass is 310 g/mol. The van der Waals surface area contributed by atoms with Gasteiger partial charge in [-0.05, 0) is 39.2 Å². The summed E-state index contributed by atoms with van der Waals surface area (Å²) in [7, 11) is 0. The lowest BCUT2D eigenvalue weighted by Crippen LogP contribution is -2.44. The van der Waals surface area contributed by atoms with E-state index >= 15 is 0 Å². The number of nitrogens with zero attached hydrogens (tertiary/aromatic N) is 3. The van der Waals surface area contributed by atoms with Gasteiger partial charge in [-0.1, -0.05) is 24.9 Å². The van der Waals surface area contributed by atoms with Crippen molar-refractivity contribution in [3.05, 3.63) is 16.4 Å². The SMILES string of the molecule is CCc1nn(CC)c(CNC2CCN3CCCCC23)c1Cl. The standard InChI is InChI=1S/C16H27ClN4/c1-3-12-16(17)15(21(4-2)19-12)11-18-13-8-10-20-9-6-5-7-14(13)20/h13-14,18H,3-11H2,1-2H3. The molecule has 1 aromatic heterocycles. The Bertz CT molecular complexity index is 485. The predicted octanol–water partition coefficient (Wildman–Crippen LogP) is 2.84. The Hall–Kier alpha value is -0.580. The zero-order valence-electron chi connectivity index (χ0n) is 13.2. The quantitative estimate of drug-likeness (QED) is 0.908. The van der Waals surface area contributed by atoms with Crippen molar-refractivity contribution in [2.45, 2.75) is 71.1 Å². The molecule has 0 saturated carbocycles. The summed E-state index contributed by atoms with van der Waals surface area (Å²) in [4.78, 5) is 2.66. The second-order valence-corrected chi connectivity index (χ2v) is 6.63. The molecule has 2 aliphatic heterocycles. The fourth-order valence-corrected chi connectivity index (χ4v) is 4.24. The van der Waals surface area contributed by atoms with E-state index in [-0.39, 0.29) is 0 Å². The summed E-state index contributed by atoms with van der Waals surface area (Å²) in [6, 6.07) is 1.35. The number of nitrogens with one attached hydrogen (secondary N) is 1. The summed E-state index contributed by atoms with van der Waals surface area (Å²) in [5.74, 6) is 0. The Labute approximate surface area is 132 Å². The Morgan fingerprint density at radius 2 is 2.10 bits per heavy atom. The van der Waals surface area contributed by atoms with Crippen LogP contribution in [0.1, 0.15) is 50.9 Å². The number of fused-ring (bicyclic) bond motifs is 1. The summed E-state index contributed by atoms with van der Waals surface area (Å²) in [5, 5.41) is 9.24. The molecule has 2 atom stereocenters. The number of piperidine rings is 1. The van der Waals surface area contributed by atoms with E-state index in [9.17, 15) is 0 Å². The van der Waals surface area contributed by atoms with E-state index in [0.717, 1.165) is 42.0 Å². The first-order valence-corrected chi connectivity index (χ1v) is 8.83. The number of aryl methyl sites for hydroxylation is 2. The highest BCUT2D eigenvalue weighted by atomic mass is 35.5. The Morgan fingerprint density at radius 3 is 2.86 bits per heavy atom. The van der Waals surface area contributed by atoms with Gasteiger partial charge in [-0.2, -0.15) is 5.10 Å². The summed E-state index contributed by atoms with van der Waals surface area (Å²) in [6.07, 6.45) is 6.27. The fraction of sp³-hybridized carbons (Fsp3) is 0.812. The second-order valence-electron chi connectivity index (χ2n) is 6.25. The molecule has 118 valence electrons. The molecule has 4 nitrogen and oxygen atoms in total. The molecule has 2 saturated heterocycles. The van der Waals surface area contributed by atoms with Gasteiger partial charge < -0.3 is 5.32 Å². The molecule has 3 heterocycles. The lowest BCUT2D eigenvalue weighted by molar-refractivity contribution is 0.180. The number of hydrogen-bond acceptors (Lipinski definition) is 3. The van der Waals surface area contributed by atoms with Gasteiger partial charge in [0, 0.05) is 31.7 Å². The molecule has 3 rings (SSSR count). The van der Waals surface area contributed by atoms with Crippen molar-refractivity contribution in [2.24, 2.45) is 0 Å². The van der Waals surface area contributed by atoms with Gasteiger partial charge in [0.25, 0.3) is 0 Å².